The first-order valence-corrected chi connectivity index (χ1v) is 5.72. The summed E-state index contributed by atoms with van der Waals surface area (Å²) in [5.74, 6) is 0.538. The molecule has 0 bridgehead atoms. The van der Waals surface area contributed by atoms with Crippen molar-refractivity contribution in [3.8, 4) is 0 Å². The molecule has 0 amide bonds. The maximum absolute atomic E-state index is 12.6. The van der Waals surface area contributed by atoms with Gasteiger partial charge in [0.1, 0.15) is 5.69 Å². The molecule has 2 nitrogen and oxygen atoms in total. The van der Waals surface area contributed by atoms with E-state index in [0.717, 1.165) is 24.5 Å². The summed E-state index contributed by atoms with van der Waals surface area (Å²) in [5.41, 5.74) is 6.33. The summed E-state index contributed by atoms with van der Waals surface area (Å²) in [7, 11) is 0. The van der Waals surface area contributed by atoms with Gasteiger partial charge in [0.15, 0.2) is 0 Å². The average molecular weight is 252 g/mol. The molecule has 18 heavy (non-hydrogen) atoms. The fourth-order valence-electron chi connectivity index (χ4n) is 2.09. The van der Waals surface area contributed by atoms with Crippen LogP contribution in [0.2, 0.25) is 0 Å². The third kappa shape index (κ3) is 1.89. The third-order valence-corrected chi connectivity index (χ3v) is 3.20. The van der Waals surface area contributed by atoms with Gasteiger partial charge in [-0.25, -0.2) is 4.98 Å². The van der Waals surface area contributed by atoms with E-state index in [2.05, 4.69) is 4.98 Å². The Morgan fingerprint density at radius 3 is 2.50 bits per heavy atom. The maximum Gasteiger partial charge on any atom is 0.433 e. The van der Waals surface area contributed by atoms with Crippen LogP contribution in [-0.4, -0.2) is 4.98 Å². The van der Waals surface area contributed by atoms with Gasteiger partial charge >= 0.3 is 6.18 Å². The number of nitrogen functional groups attached to an aromatic ring is 1. The first kappa shape index (κ1) is 11.3. The Balaban J connectivity index is 2.17. The van der Waals surface area contributed by atoms with Crippen molar-refractivity contribution in [1.82, 2.24) is 4.98 Å². The Hall–Kier alpha value is -1.78. The van der Waals surface area contributed by atoms with Crippen LogP contribution >= 0.6 is 0 Å². The zero-order valence-corrected chi connectivity index (χ0v) is 9.46. The molecule has 0 atom stereocenters. The molecule has 1 aliphatic rings. The third-order valence-electron chi connectivity index (χ3n) is 3.20. The van der Waals surface area contributed by atoms with Crippen LogP contribution < -0.4 is 5.73 Å². The summed E-state index contributed by atoms with van der Waals surface area (Å²) in [6.07, 6.45) is -2.18. The highest BCUT2D eigenvalue weighted by Gasteiger charge is 2.33. The summed E-state index contributed by atoms with van der Waals surface area (Å²) in [4.78, 5) is 3.62. The summed E-state index contributed by atoms with van der Waals surface area (Å²) in [6.45, 7) is 0. The standard InChI is InChI=1S/C13H11F3N2/c14-13(15,16)12-6-10(17)9-5-8(7-1-2-7)3-4-11(9)18-12/h3-7H,1-2H2,(H2,17,18). The number of benzene rings is 1. The Labute approximate surface area is 102 Å². The van der Waals surface area contributed by atoms with Gasteiger partial charge in [0.05, 0.1) is 5.52 Å². The van der Waals surface area contributed by atoms with Crippen molar-refractivity contribution < 1.29 is 13.2 Å². The van der Waals surface area contributed by atoms with E-state index in [0.29, 0.717) is 16.8 Å². The monoisotopic (exact) mass is 252 g/mol. The van der Waals surface area contributed by atoms with Crippen molar-refractivity contribution in [2.75, 3.05) is 5.73 Å². The lowest BCUT2D eigenvalue weighted by Gasteiger charge is -2.10. The second-order valence-electron chi connectivity index (χ2n) is 4.65. The average Bonchev–Trinajstić information content (AvgIpc) is 3.11. The van der Waals surface area contributed by atoms with Crippen molar-refractivity contribution in [1.29, 1.82) is 0 Å². The number of nitrogens with two attached hydrogens (primary N) is 1. The van der Waals surface area contributed by atoms with Crippen LogP contribution in [0.3, 0.4) is 0 Å². The number of fused-ring (bicyclic) bond motifs is 1. The highest BCUT2D eigenvalue weighted by Crippen LogP contribution is 2.41. The molecule has 2 N–H and O–H groups in total. The lowest BCUT2D eigenvalue weighted by atomic mass is 10.1. The number of nitrogens with zero attached hydrogens (tertiary/aromatic N) is 1. The van der Waals surface area contributed by atoms with Crippen LogP contribution in [0.5, 0.6) is 0 Å². The van der Waals surface area contributed by atoms with E-state index in [1.807, 2.05) is 12.1 Å². The van der Waals surface area contributed by atoms with Crippen molar-refractivity contribution in [3.63, 3.8) is 0 Å². The minimum atomic E-state index is -4.46. The topological polar surface area (TPSA) is 38.9 Å². The minimum Gasteiger partial charge on any atom is -0.398 e. The molecule has 3 rings (SSSR count). The summed E-state index contributed by atoms with van der Waals surface area (Å²) >= 11 is 0. The van der Waals surface area contributed by atoms with Crippen LogP contribution in [0.25, 0.3) is 10.9 Å². The molecule has 0 saturated heterocycles. The Morgan fingerprint density at radius 1 is 1.17 bits per heavy atom. The van der Waals surface area contributed by atoms with E-state index in [1.165, 1.54) is 0 Å². The fourth-order valence-corrected chi connectivity index (χ4v) is 2.09. The van der Waals surface area contributed by atoms with Gasteiger partial charge in [-0.3, -0.25) is 0 Å². The van der Waals surface area contributed by atoms with Gasteiger partial charge in [-0.1, -0.05) is 6.07 Å². The molecular weight excluding hydrogens is 241 g/mol. The van der Waals surface area contributed by atoms with Crippen LogP contribution in [0.15, 0.2) is 24.3 Å². The number of alkyl halides is 3. The van der Waals surface area contributed by atoms with Gasteiger partial charge in [0.2, 0.25) is 0 Å². The molecule has 0 aliphatic heterocycles. The number of rotatable bonds is 1. The minimum absolute atomic E-state index is 0.134. The zero-order valence-electron chi connectivity index (χ0n) is 9.46. The molecule has 1 heterocycles. The number of halogens is 3. The molecule has 0 spiro atoms. The van der Waals surface area contributed by atoms with Crippen LogP contribution in [0.1, 0.15) is 30.0 Å². The van der Waals surface area contributed by atoms with Crippen LogP contribution in [0, 0.1) is 0 Å². The number of hydrogen-bond donors (Lipinski definition) is 1. The van der Waals surface area contributed by atoms with E-state index >= 15 is 0 Å². The number of hydrogen-bond acceptors (Lipinski definition) is 2. The quantitative estimate of drug-likeness (QED) is 0.840. The molecule has 5 heteroatoms. The van der Waals surface area contributed by atoms with Crippen molar-refractivity contribution >= 4 is 16.6 Å². The lowest BCUT2D eigenvalue weighted by molar-refractivity contribution is -0.140. The predicted molar refractivity (Wildman–Crippen MR) is 63.1 cm³/mol. The van der Waals surface area contributed by atoms with Gasteiger partial charge in [0, 0.05) is 11.1 Å². The van der Waals surface area contributed by atoms with Gasteiger partial charge in [0.25, 0.3) is 0 Å². The van der Waals surface area contributed by atoms with Crippen LogP contribution in [0.4, 0.5) is 18.9 Å². The molecule has 1 aromatic heterocycles. The second-order valence-corrected chi connectivity index (χ2v) is 4.65. The van der Waals surface area contributed by atoms with Gasteiger partial charge in [-0.15, -0.1) is 0 Å². The van der Waals surface area contributed by atoms with Gasteiger partial charge in [-0.2, -0.15) is 13.2 Å². The van der Waals surface area contributed by atoms with E-state index in [4.69, 9.17) is 5.73 Å². The molecule has 0 unspecified atom stereocenters. The Morgan fingerprint density at radius 2 is 1.89 bits per heavy atom. The molecule has 1 aliphatic carbocycles. The molecule has 2 aromatic rings. The molecule has 1 saturated carbocycles. The predicted octanol–water partition coefficient (Wildman–Crippen LogP) is 3.71. The Bertz CT molecular complexity index is 615. The molecule has 1 aromatic carbocycles. The van der Waals surface area contributed by atoms with E-state index in [9.17, 15) is 13.2 Å². The van der Waals surface area contributed by atoms with Crippen molar-refractivity contribution in [2.24, 2.45) is 0 Å². The summed E-state index contributed by atoms with van der Waals surface area (Å²) in [6, 6.07) is 6.22. The van der Waals surface area contributed by atoms with Crippen LogP contribution in [-0.2, 0) is 6.18 Å². The van der Waals surface area contributed by atoms with E-state index < -0.39 is 11.9 Å². The highest BCUT2D eigenvalue weighted by atomic mass is 19.4. The normalized spacial score (nSPS) is 16.2. The molecule has 1 fully saturated rings. The number of anilines is 1. The summed E-state index contributed by atoms with van der Waals surface area (Å²) in [5, 5.41) is 0.604. The van der Waals surface area contributed by atoms with Crippen molar-refractivity contribution in [2.45, 2.75) is 24.9 Å². The maximum atomic E-state index is 12.6. The largest absolute Gasteiger partial charge is 0.433 e. The van der Waals surface area contributed by atoms with Crippen molar-refractivity contribution in [3.05, 3.63) is 35.5 Å². The first-order chi connectivity index (χ1) is 8.45. The first-order valence-electron chi connectivity index (χ1n) is 5.72. The van der Waals surface area contributed by atoms with E-state index in [-0.39, 0.29) is 5.69 Å². The van der Waals surface area contributed by atoms with E-state index in [1.54, 1.807) is 6.07 Å². The Kier molecular flexibility index (Phi) is 2.27. The van der Waals surface area contributed by atoms with Gasteiger partial charge < -0.3 is 5.73 Å². The molecule has 0 radical (unpaired) electrons. The molecule has 94 valence electrons. The SMILES string of the molecule is Nc1cc(C(F)(F)F)nc2ccc(C3CC3)cc12. The van der Waals surface area contributed by atoms with Gasteiger partial charge in [-0.05, 0) is 42.5 Å². The highest BCUT2D eigenvalue weighted by molar-refractivity contribution is 5.91. The zero-order chi connectivity index (χ0) is 12.9. The summed E-state index contributed by atoms with van der Waals surface area (Å²) < 4.78 is 37.8. The number of pyridine rings is 1. The number of aromatic nitrogens is 1. The molecular formula is C13H11F3N2. The second kappa shape index (κ2) is 3.60. The lowest BCUT2D eigenvalue weighted by Crippen LogP contribution is -2.09. The smallest absolute Gasteiger partial charge is 0.398 e. The fraction of sp³-hybridized carbons (Fsp3) is 0.308.